The molecule has 0 bridgehead atoms. The standard InChI is InChI=1S/C14H26N2OS/c1-5-11(10-18-4)16(3)14(12(15)6-2)13-8-7-9-17-13/h7-9,11-12,14H,5-6,10,15H2,1-4H3. The van der Waals surface area contributed by atoms with Crippen LogP contribution in [0.5, 0.6) is 0 Å². The van der Waals surface area contributed by atoms with Crippen molar-refractivity contribution >= 4 is 11.8 Å². The molecule has 3 atom stereocenters. The van der Waals surface area contributed by atoms with Gasteiger partial charge in [-0.15, -0.1) is 0 Å². The molecule has 104 valence electrons. The van der Waals surface area contributed by atoms with Crippen molar-refractivity contribution in [2.75, 3.05) is 19.1 Å². The molecule has 1 heterocycles. The molecular weight excluding hydrogens is 244 g/mol. The van der Waals surface area contributed by atoms with Gasteiger partial charge in [0.05, 0.1) is 12.3 Å². The second-order valence-corrected chi connectivity index (χ2v) is 5.63. The summed E-state index contributed by atoms with van der Waals surface area (Å²) in [5.41, 5.74) is 6.29. The fraction of sp³-hybridized carbons (Fsp3) is 0.714. The molecule has 1 aromatic rings. The van der Waals surface area contributed by atoms with E-state index in [0.717, 1.165) is 24.4 Å². The molecule has 0 aromatic carbocycles. The lowest BCUT2D eigenvalue weighted by Crippen LogP contribution is -2.44. The number of likely N-dealkylation sites (N-methyl/N-ethyl adjacent to an activating group) is 1. The van der Waals surface area contributed by atoms with E-state index in [1.807, 2.05) is 23.9 Å². The largest absolute Gasteiger partial charge is 0.468 e. The van der Waals surface area contributed by atoms with Gasteiger partial charge in [-0.2, -0.15) is 11.8 Å². The van der Waals surface area contributed by atoms with Crippen LogP contribution in [0.4, 0.5) is 0 Å². The topological polar surface area (TPSA) is 42.4 Å². The first-order valence-corrected chi connectivity index (χ1v) is 8.04. The summed E-state index contributed by atoms with van der Waals surface area (Å²) < 4.78 is 5.58. The molecule has 18 heavy (non-hydrogen) atoms. The van der Waals surface area contributed by atoms with Crippen molar-refractivity contribution in [1.82, 2.24) is 4.90 Å². The summed E-state index contributed by atoms with van der Waals surface area (Å²) in [6.45, 7) is 4.36. The van der Waals surface area contributed by atoms with Crippen molar-refractivity contribution in [1.29, 1.82) is 0 Å². The first-order valence-electron chi connectivity index (χ1n) is 6.65. The highest BCUT2D eigenvalue weighted by atomic mass is 32.2. The summed E-state index contributed by atoms with van der Waals surface area (Å²) in [4.78, 5) is 2.38. The monoisotopic (exact) mass is 270 g/mol. The molecule has 0 saturated heterocycles. The van der Waals surface area contributed by atoms with Gasteiger partial charge in [0.2, 0.25) is 0 Å². The Balaban J connectivity index is 2.88. The second kappa shape index (κ2) is 7.87. The number of hydrogen-bond donors (Lipinski definition) is 1. The van der Waals surface area contributed by atoms with Gasteiger partial charge in [0.1, 0.15) is 5.76 Å². The van der Waals surface area contributed by atoms with Gasteiger partial charge >= 0.3 is 0 Å². The Kier molecular flexibility index (Phi) is 6.82. The lowest BCUT2D eigenvalue weighted by atomic mass is 10.0. The van der Waals surface area contributed by atoms with Crippen LogP contribution in [0.2, 0.25) is 0 Å². The van der Waals surface area contributed by atoms with E-state index in [9.17, 15) is 0 Å². The zero-order chi connectivity index (χ0) is 13.5. The maximum absolute atomic E-state index is 6.29. The van der Waals surface area contributed by atoms with Crippen LogP contribution in [0.1, 0.15) is 38.5 Å². The summed E-state index contributed by atoms with van der Waals surface area (Å²) in [7, 11) is 2.16. The predicted molar refractivity (Wildman–Crippen MR) is 79.9 cm³/mol. The van der Waals surface area contributed by atoms with Gasteiger partial charge in [-0.25, -0.2) is 0 Å². The number of thioether (sulfide) groups is 1. The van der Waals surface area contributed by atoms with Crippen molar-refractivity contribution in [3.05, 3.63) is 24.2 Å². The third-order valence-corrected chi connectivity index (χ3v) is 4.27. The van der Waals surface area contributed by atoms with E-state index < -0.39 is 0 Å². The molecule has 0 fully saturated rings. The highest BCUT2D eigenvalue weighted by Crippen LogP contribution is 2.27. The van der Waals surface area contributed by atoms with Crippen molar-refractivity contribution in [3.8, 4) is 0 Å². The van der Waals surface area contributed by atoms with Crippen molar-refractivity contribution in [3.63, 3.8) is 0 Å². The lowest BCUT2D eigenvalue weighted by Gasteiger charge is -2.36. The zero-order valence-electron chi connectivity index (χ0n) is 11.9. The number of nitrogens with two attached hydrogens (primary N) is 1. The highest BCUT2D eigenvalue weighted by molar-refractivity contribution is 7.98. The van der Waals surface area contributed by atoms with Crippen LogP contribution < -0.4 is 5.73 Å². The minimum atomic E-state index is 0.108. The van der Waals surface area contributed by atoms with E-state index in [4.69, 9.17) is 10.2 Å². The van der Waals surface area contributed by atoms with Crippen LogP contribution in [0.3, 0.4) is 0 Å². The average molecular weight is 270 g/mol. The molecule has 0 radical (unpaired) electrons. The van der Waals surface area contributed by atoms with Crippen LogP contribution in [0.15, 0.2) is 22.8 Å². The molecule has 0 aliphatic rings. The molecular formula is C14H26N2OS. The minimum Gasteiger partial charge on any atom is -0.468 e. The number of furan rings is 1. The van der Waals surface area contributed by atoms with Crippen molar-refractivity contribution < 1.29 is 4.42 Å². The molecule has 0 aliphatic carbocycles. The average Bonchev–Trinajstić information content (AvgIpc) is 2.89. The Morgan fingerprint density at radius 2 is 2.11 bits per heavy atom. The maximum atomic E-state index is 6.29. The molecule has 0 saturated carbocycles. The summed E-state index contributed by atoms with van der Waals surface area (Å²) in [6, 6.07) is 4.78. The van der Waals surface area contributed by atoms with E-state index >= 15 is 0 Å². The third-order valence-electron chi connectivity index (χ3n) is 3.56. The Morgan fingerprint density at radius 3 is 2.56 bits per heavy atom. The van der Waals surface area contributed by atoms with Crippen LogP contribution >= 0.6 is 11.8 Å². The van der Waals surface area contributed by atoms with Crippen molar-refractivity contribution in [2.24, 2.45) is 5.73 Å². The molecule has 3 unspecified atom stereocenters. The smallest absolute Gasteiger partial charge is 0.122 e. The summed E-state index contributed by atoms with van der Waals surface area (Å²) in [6.07, 6.45) is 5.96. The van der Waals surface area contributed by atoms with Gasteiger partial charge in [0.15, 0.2) is 0 Å². The zero-order valence-corrected chi connectivity index (χ0v) is 12.7. The van der Waals surface area contributed by atoms with Gasteiger partial charge in [-0.1, -0.05) is 13.8 Å². The Hall–Kier alpha value is -0.450. The molecule has 0 amide bonds. The van der Waals surface area contributed by atoms with Gasteiger partial charge in [0, 0.05) is 17.8 Å². The minimum absolute atomic E-state index is 0.108. The van der Waals surface area contributed by atoms with E-state index in [1.165, 1.54) is 0 Å². The molecule has 0 spiro atoms. The third kappa shape index (κ3) is 3.77. The molecule has 4 heteroatoms. The number of rotatable bonds is 8. The van der Waals surface area contributed by atoms with Crippen LogP contribution in [-0.4, -0.2) is 36.0 Å². The van der Waals surface area contributed by atoms with Gasteiger partial charge in [-0.3, -0.25) is 4.90 Å². The van der Waals surface area contributed by atoms with Gasteiger partial charge < -0.3 is 10.2 Å². The SMILES string of the molecule is CCC(N)C(c1ccco1)N(C)C(CC)CSC. The van der Waals surface area contributed by atoms with Gasteiger partial charge in [0.25, 0.3) is 0 Å². The van der Waals surface area contributed by atoms with Crippen LogP contribution in [0.25, 0.3) is 0 Å². The quantitative estimate of drug-likeness (QED) is 0.788. The van der Waals surface area contributed by atoms with E-state index in [1.54, 1.807) is 6.26 Å². The number of nitrogens with zero attached hydrogens (tertiary/aromatic N) is 1. The number of hydrogen-bond acceptors (Lipinski definition) is 4. The first kappa shape index (κ1) is 15.6. The van der Waals surface area contributed by atoms with Gasteiger partial charge in [-0.05, 0) is 38.3 Å². The summed E-state index contributed by atoms with van der Waals surface area (Å²) in [5.74, 6) is 2.10. The lowest BCUT2D eigenvalue weighted by molar-refractivity contribution is 0.138. The molecule has 0 aliphatic heterocycles. The Bertz CT molecular complexity index is 316. The molecule has 3 nitrogen and oxygen atoms in total. The van der Waals surface area contributed by atoms with Crippen LogP contribution in [-0.2, 0) is 0 Å². The second-order valence-electron chi connectivity index (χ2n) is 4.72. The molecule has 1 aromatic heterocycles. The Labute approximate surface area is 115 Å². The van der Waals surface area contributed by atoms with Crippen molar-refractivity contribution in [2.45, 2.75) is 44.8 Å². The van der Waals surface area contributed by atoms with E-state index in [0.29, 0.717) is 6.04 Å². The van der Waals surface area contributed by atoms with Crippen LogP contribution in [0, 0.1) is 0 Å². The summed E-state index contributed by atoms with van der Waals surface area (Å²) in [5, 5.41) is 0. The fourth-order valence-corrected chi connectivity index (χ4v) is 3.20. The molecule has 1 rings (SSSR count). The summed E-state index contributed by atoms with van der Waals surface area (Å²) >= 11 is 1.88. The normalized spacial score (nSPS) is 16.8. The maximum Gasteiger partial charge on any atom is 0.122 e. The fourth-order valence-electron chi connectivity index (χ4n) is 2.34. The van der Waals surface area contributed by atoms with E-state index in [-0.39, 0.29) is 12.1 Å². The first-order chi connectivity index (χ1) is 8.65. The van der Waals surface area contributed by atoms with E-state index in [2.05, 4.69) is 32.1 Å². The predicted octanol–water partition coefficient (Wildman–Crippen LogP) is 3.13. The Morgan fingerprint density at radius 1 is 1.39 bits per heavy atom. The molecule has 2 N–H and O–H groups in total. The highest BCUT2D eigenvalue weighted by Gasteiger charge is 2.29.